The van der Waals surface area contributed by atoms with Crippen molar-refractivity contribution < 1.29 is 5.11 Å². The Morgan fingerprint density at radius 2 is 1.47 bits per heavy atom. The normalized spacial score (nSPS) is 26.9. The molecule has 1 N–H and O–H groups in total. The SMILES string of the molecule is CC(C)(C)c1cc(CSC2CCCCCCC2)c(O)c(C2(Cc3ccccc3)CC3CCCC(c4ccccc4)(C3)C2)c1. The first kappa shape index (κ1) is 30.8. The molecule has 230 valence electrons. The number of aromatic hydroxyl groups is 1. The van der Waals surface area contributed by atoms with Crippen LogP contribution < -0.4 is 0 Å². The highest BCUT2D eigenvalue weighted by Crippen LogP contribution is 2.60. The maximum atomic E-state index is 12.4. The van der Waals surface area contributed by atoms with E-state index in [9.17, 15) is 5.11 Å². The molecule has 6 rings (SSSR count). The minimum Gasteiger partial charge on any atom is -0.507 e. The molecule has 0 aliphatic heterocycles. The fourth-order valence-corrected chi connectivity index (χ4v) is 10.4. The summed E-state index contributed by atoms with van der Waals surface area (Å²) in [6, 6.07) is 27.4. The van der Waals surface area contributed by atoms with Crippen LogP contribution in [0.5, 0.6) is 5.75 Å². The number of fused-ring (bicyclic) bond motifs is 2. The van der Waals surface area contributed by atoms with Gasteiger partial charge in [-0.05, 0) is 78.4 Å². The molecule has 0 heterocycles. The highest BCUT2D eigenvalue weighted by atomic mass is 32.2. The Labute approximate surface area is 266 Å². The summed E-state index contributed by atoms with van der Waals surface area (Å²) in [4.78, 5) is 0. The zero-order valence-electron chi connectivity index (χ0n) is 27.0. The summed E-state index contributed by atoms with van der Waals surface area (Å²) in [6.45, 7) is 7.04. The molecule has 3 aromatic rings. The van der Waals surface area contributed by atoms with Crippen LogP contribution >= 0.6 is 11.8 Å². The summed E-state index contributed by atoms with van der Waals surface area (Å²) >= 11 is 2.12. The van der Waals surface area contributed by atoms with Gasteiger partial charge in [0.25, 0.3) is 0 Å². The van der Waals surface area contributed by atoms with Gasteiger partial charge in [0.1, 0.15) is 5.75 Å². The fraction of sp³-hybridized carbons (Fsp3) is 0.561. The molecule has 3 fully saturated rings. The van der Waals surface area contributed by atoms with Crippen molar-refractivity contribution >= 4 is 11.8 Å². The van der Waals surface area contributed by atoms with Gasteiger partial charge in [-0.15, -0.1) is 0 Å². The van der Waals surface area contributed by atoms with Crippen molar-refractivity contribution in [1.82, 2.24) is 0 Å². The molecule has 2 bridgehead atoms. The van der Waals surface area contributed by atoms with Crippen molar-refractivity contribution in [3.05, 3.63) is 101 Å². The standard InChI is InChI=1S/C41H54OS/c1-39(2,3)35-24-33(29-43-36-21-13-5-4-6-14-22-36)38(42)37(25-35)41(26-31-16-9-7-10-17-31)28-32-18-15-23-40(27-32,30-41)34-19-11-8-12-20-34/h7-12,16-17,19-20,24-25,32,36,42H,4-6,13-15,18,21-23,26-30H2,1-3H3. The van der Waals surface area contributed by atoms with E-state index in [1.54, 1.807) is 0 Å². The van der Waals surface area contributed by atoms with Gasteiger partial charge in [-0.2, -0.15) is 11.8 Å². The van der Waals surface area contributed by atoms with E-state index in [2.05, 4.69) is 105 Å². The summed E-state index contributed by atoms with van der Waals surface area (Å²) in [5, 5.41) is 13.1. The lowest BCUT2D eigenvalue weighted by molar-refractivity contribution is 0.0764. The van der Waals surface area contributed by atoms with Crippen molar-refractivity contribution in [1.29, 1.82) is 0 Å². The summed E-state index contributed by atoms with van der Waals surface area (Å²) < 4.78 is 0. The second kappa shape index (κ2) is 13.0. The number of rotatable bonds is 7. The van der Waals surface area contributed by atoms with Gasteiger partial charge in [-0.3, -0.25) is 0 Å². The summed E-state index contributed by atoms with van der Waals surface area (Å²) in [7, 11) is 0. The molecule has 3 aliphatic rings. The molecular formula is C41H54OS. The Kier molecular flexibility index (Phi) is 9.35. The van der Waals surface area contributed by atoms with E-state index in [0.29, 0.717) is 11.7 Å². The van der Waals surface area contributed by atoms with Crippen LogP contribution in [0.1, 0.15) is 132 Å². The molecule has 3 aromatic carbocycles. The fourth-order valence-electron chi connectivity index (χ4n) is 9.11. The summed E-state index contributed by atoms with van der Waals surface area (Å²) in [5.41, 5.74) is 6.82. The van der Waals surface area contributed by atoms with E-state index in [1.807, 2.05) is 0 Å². The van der Waals surface area contributed by atoms with Crippen molar-refractivity contribution in [3.63, 3.8) is 0 Å². The molecular weight excluding hydrogens is 541 g/mol. The maximum absolute atomic E-state index is 12.4. The molecule has 1 nitrogen and oxygen atoms in total. The molecule has 3 saturated carbocycles. The number of hydrogen-bond acceptors (Lipinski definition) is 2. The first-order valence-electron chi connectivity index (χ1n) is 17.3. The third kappa shape index (κ3) is 6.90. The van der Waals surface area contributed by atoms with Gasteiger partial charge >= 0.3 is 0 Å². The number of benzene rings is 3. The lowest BCUT2D eigenvalue weighted by atomic mass is 9.49. The van der Waals surface area contributed by atoms with E-state index >= 15 is 0 Å². The molecule has 0 radical (unpaired) electrons. The Bertz CT molecular complexity index is 1330. The third-order valence-electron chi connectivity index (χ3n) is 11.2. The molecule has 3 atom stereocenters. The number of hydrogen-bond donors (Lipinski definition) is 1. The Hall–Kier alpha value is -2.19. The highest BCUT2D eigenvalue weighted by molar-refractivity contribution is 7.99. The van der Waals surface area contributed by atoms with E-state index in [4.69, 9.17) is 0 Å². The second-order valence-corrected chi connectivity index (χ2v) is 16.8. The lowest BCUT2D eigenvalue weighted by Gasteiger charge is -2.55. The van der Waals surface area contributed by atoms with E-state index in [1.165, 1.54) is 105 Å². The first-order valence-corrected chi connectivity index (χ1v) is 18.4. The zero-order valence-corrected chi connectivity index (χ0v) is 27.9. The van der Waals surface area contributed by atoms with Gasteiger partial charge in [-0.25, -0.2) is 0 Å². The van der Waals surface area contributed by atoms with Gasteiger partial charge < -0.3 is 5.11 Å². The number of phenolic OH excluding ortho intramolecular Hbond substituents is 1. The minimum absolute atomic E-state index is 0.0255. The predicted molar refractivity (Wildman–Crippen MR) is 185 cm³/mol. The molecule has 2 heteroatoms. The molecule has 3 aliphatic carbocycles. The molecule has 3 unspecified atom stereocenters. The monoisotopic (exact) mass is 594 g/mol. The molecule has 0 aromatic heterocycles. The van der Waals surface area contributed by atoms with Crippen LogP contribution in [-0.2, 0) is 28.4 Å². The van der Waals surface area contributed by atoms with Crippen LogP contribution in [0.2, 0.25) is 0 Å². The van der Waals surface area contributed by atoms with E-state index in [-0.39, 0.29) is 16.2 Å². The van der Waals surface area contributed by atoms with E-state index in [0.717, 1.165) is 23.8 Å². The van der Waals surface area contributed by atoms with Gasteiger partial charge in [0.05, 0.1) is 0 Å². The van der Waals surface area contributed by atoms with Crippen LogP contribution in [0.3, 0.4) is 0 Å². The molecule has 0 saturated heterocycles. The van der Waals surface area contributed by atoms with Crippen LogP contribution in [-0.4, -0.2) is 10.4 Å². The lowest BCUT2D eigenvalue weighted by Crippen LogP contribution is -2.49. The molecule has 43 heavy (non-hydrogen) atoms. The summed E-state index contributed by atoms with van der Waals surface area (Å²) in [6.07, 6.45) is 18.0. The predicted octanol–water partition coefficient (Wildman–Crippen LogP) is 11.4. The average Bonchev–Trinajstić information content (AvgIpc) is 2.97. The van der Waals surface area contributed by atoms with Crippen LogP contribution in [0.4, 0.5) is 0 Å². The highest BCUT2D eigenvalue weighted by Gasteiger charge is 2.52. The van der Waals surface area contributed by atoms with Gasteiger partial charge in [0.15, 0.2) is 0 Å². The quantitative estimate of drug-likeness (QED) is 0.294. The molecule has 0 amide bonds. The van der Waals surface area contributed by atoms with Gasteiger partial charge in [0, 0.05) is 27.5 Å². The Morgan fingerprint density at radius 3 is 2.16 bits per heavy atom. The smallest absolute Gasteiger partial charge is 0.123 e. The number of thioether (sulfide) groups is 1. The Balaban J connectivity index is 1.45. The van der Waals surface area contributed by atoms with Gasteiger partial charge in [-0.1, -0.05) is 139 Å². The third-order valence-corrected chi connectivity index (χ3v) is 12.6. The van der Waals surface area contributed by atoms with Crippen LogP contribution in [0.25, 0.3) is 0 Å². The van der Waals surface area contributed by atoms with Crippen molar-refractivity contribution in [2.45, 2.75) is 138 Å². The van der Waals surface area contributed by atoms with Crippen LogP contribution in [0, 0.1) is 5.92 Å². The average molecular weight is 595 g/mol. The first-order chi connectivity index (χ1) is 20.8. The Morgan fingerprint density at radius 1 is 0.791 bits per heavy atom. The second-order valence-electron chi connectivity index (χ2n) is 15.5. The van der Waals surface area contributed by atoms with Gasteiger partial charge in [0.2, 0.25) is 0 Å². The van der Waals surface area contributed by atoms with Crippen molar-refractivity contribution in [3.8, 4) is 5.75 Å². The number of phenols is 1. The molecule has 0 spiro atoms. The largest absolute Gasteiger partial charge is 0.507 e. The minimum atomic E-state index is -0.0917. The topological polar surface area (TPSA) is 20.2 Å². The van der Waals surface area contributed by atoms with Crippen molar-refractivity contribution in [2.75, 3.05) is 0 Å². The maximum Gasteiger partial charge on any atom is 0.123 e. The van der Waals surface area contributed by atoms with E-state index < -0.39 is 0 Å². The van der Waals surface area contributed by atoms with Crippen molar-refractivity contribution in [2.24, 2.45) is 5.92 Å². The van der Waals surface area contributed by atoms with Crippen LogP contribution in [0.15, 0.2) is 72.8 Å². The summed E-state index contributed by atoms with van der Waals surface area (Å²) in [5.74, 6) is 2.21. The zero-order chi connectivity index (χ0) is 29.9.